The first-order chi connectivity index (χ1) is 11.9. The van der Waals surface area contributed by atoms with Gasteiger partial charge in [0.05, 0.1) is 4.90 Å². The van der Waals surface area contributed by atoms with Crippen LogP contribution in [0.25, 0.3) is 11.5 Å². The summed E-state index contributed by atoms with van der Waals surface area (Å²) in [4.78, 5) is 0.249. The molecule has 0 saturated heterocycles. The number of aromatic nitrogens is 2. The van der Waals surface area contributed by atoms with Gasteiger partial charge in [0.2, 0.25) is 21.8 Å². The molecule has 7 heteroatoms. The van der Waals surface area contributed by atoms with Crippen molar-refractivity contribution < 1.29 is 12.8 Å². The fourth-order valence-corrected chi connectivity index (χ4v) is 3.54. The molecule has 0 bridgehead atoms. The Morgan fingerprint density at radius 2 is 1.72 bits per heavy atom. The third-order valence-electron chi connectivity index (χ3n) is 3.66. The molecule has 3 rings (SSSR count). The van der Waals surface area contributed by atoms with Gasteiger partial charge < -0.3 is 4.42 Å². The van der Waals surface area contributed by atoms with E-state index in [1.807, 2.05) is 44.2 Å². The van der Waals surface area contributed by atoms with Crippen molar-refractivity contribution in [3.8, 4) is 11.5 Å². The lowest BCUT2D eigenvalue weighted by atomic mass is 10.1. The van der Waals surface area contributed by atoms with Gasteiger partial charge in [-0.3, -0.25) is 0 Å². The summed E-state index contributed by atoms with van der Waals surface area (Å²) in [6, 6.07) is 14.5. The van der Waals surface area contributed by atoms with Crippen LogP contribution in [0.15, 0.2) is 57.8 Å². The molecule has 0 aliphatic rings. The lowest BCUT2D eigenvalue weighted by Crippen LogP contribution is -2.26. The van der Waals surface area contributed by atoms with E-state index in [4.69, 9.17) is 4.42 Å². The molecule has 2 aromatic carbocycles. The zero-order valence-electron chi connectivity index (χ0n) is 14.1. The van der Waals surface area contributed by atoms with Crippen LogP contribution in [-0.2, 0) is 16.4 Å². The summed E-state index contributed by atoms with van der Waals surface area (Å²) < 4.78 is 32.7. The second kappa shape index (κ2) is 7.16. The van der Waals surface area contributed by atoms with Crippen LogP contribution in [0.2, 0.25) is 0 Å². The second-order valence-electron chi connectivity index (χ2n) is 5.83. The molecule has 0 atom stereocenters. The number of nitrogens with zero attached hydrogens (tertiary/aromatic N) is 2. The highest BCUT2D eigenvalue weighted by Crippen LogP contribution is 2.19. The van der Waals surface area contributed by atoms with E-state index in [0.29, 0.717) is 18.2 Å². The lowest BCUT2D eigenvalue weighted by molar-refractivity contribution is 0.502. The average Bonchev–Trinajstić information content (AvgIpc) is 3.04. The third kappa shape index (κ3) is 4.32. The third-order valence-corrected chi connectivity index (χ3v) is 5.12. The highest BCUT2D eigenvalue weighted by atomic mass is 32.2. The fraction of sp³-hybridized carbons (Fsp3) is 0.222. The normalized spacial score (nSPS) is 11.6. The van der Waals surface area contributed by atoms with E-state index < -0.39 is 10.0 Å². The summed E-state index contributed by atoms with van der Waals surface area (Å²) in [5.41, 5.74) is 2.84. The Kier molecular flexibility index (Phi) is 4.96. The highest BCUT2D eigenvalue weighted by Gasteiger charge is 2.14. The Morgan fingerprint density at radius 3 is 2.44 bits per heavy atom. The van der Waals surface area contributed by atoms with Crippen molar-refractivity contribution in [2.24, 2.45) is 0 Å². The number of sulfonamides is 1. The van der Waals surface area contributed by atoms with Gasteiger partial charge in [0.25, 0.3) is 0 Å². The minimum absolute atomic E-state index is 0.186. The zero-order valence-corrected chi connectivity index (χ0v) is 14.9. The molecule has 1 N–H and O–H groups in total. The molecule has 3 aromatic rings. The number of hydrogen-bond acceptors (Lipinski definition) is 5. The molecule has 0 spiro atoms. The van der Waals surface area contributed by atoms with Crippen molar-refractivity contribution >= 4 is 10.0 Å². The number of benzene rings is 2. The first-order valence-electron chi connectivity index (χ1n) is 7.90. The van der Waals surface area contributed by atoms with Gasteiger partial charge in [-0.25, -0.2) is 13.1 Å². The van der Waals surface area contributed by atoms with Crippen molar-refractivity contribution in [2.75, 3.05) is 6.54 Å². The molecule has 0 amide bonds. The molecular formula is C18H19N3O3S. The topological polar surface area (TPSA) is 85.1 Å². The van der Waals surface area contributed by atoms with Crippen LogP contribution in [-0.4, -0.2) is 25.2 Å². The summed E-state index contributed by atoms with van der Waals surface area (Å²) in [6.07, 6.45) is 0.323. The van der Waals surface area contributed by atoms with Crippen LogP contribution in [0, 0.1) is 13.8 Å². The standard InChI is InChI=1S/C18H19N3O3S/c1-13-5-3-7-15(11-13)18-21-20-17(24-18)9-10-19-25(22,23)16-8-4-6-14(2)12-16/h3-8,11-12,19H,9-10H2,1-2H3. The maximum Gasteiger partial charge on any atom is 0.247 e. The molecule has 0 saturated carbocycles. The van der Waals surface area contributed by atoms with Gasteiger partial charge in [-0.2, -0.15) is 0 Å². The van der Waals surface area contributed by atoms with Crippen LogP contribution in [0.5, 0.6) is 0 Å². The predicted octanol–water partition coefficient (Wildman–Crippen LogP) is 2.87. The zero-order chi connectivity index (χ0) is 17.9. The monoisotopic (exact) mass is 357 g/mol. The van der Waals surface area contributed by atoms with Crippen molar-refractivity contribution in [2.45, 2.75) is 25.2 Å². The molecule has 0 unspecified atom stereocenters. The van der Waals surface area contributed by atoms with Gasteiger partial charge in [0, 0.05) is 18.5 Å². The highest BCUT2D eigenvalue weighted by molar-refractivity contribution is 7.89. The van der Waals surface area contributed by atoms with Crippen molar-refractivity contribution in [1.82, 2.24) is 14.9 Å². The maximum atomic E-state index is 12.3. The lowest BCUT2D eigenvalue weighted by Gasteiger charge is -2.06. The number of aryl methyl sites for hydroxylation is 2. The smallest absolute Gasteiger partial charge is 0.247 e. The van der Waals surface area contributed by atoms with E-state index in [-0.39, 0.29) is 11.4 Å². The summed E-state index contributed by atoms with van der Waals surface area (Å²) in [5, 5.41) is 8.00. The summed E-state index contributed by atoms with van der Waals surface area (Å²) in [7, 11) is -3.54. The largest absolute Gasteiger partial charge is 0.421 e. The number of nitrogens with one attached hydrogen (secondary N) is 1. The molecule has 0 aliphatic carbocycles. The molecule has 0 aliphatic heterocycles. The van der Waals surface area contributed by atoms with Crippen LogP contribution < -0.4 is 4.72 Å². The number of rotatable bonds is 6. The average molecular weight is 357 g/mol. The van der Waals surface area contributed by atoms with Crippen molar-refractivity contribution in [1.29, 1.82) is 0 Å². The Morgan fingerprint density at radius 1 is 1.00 bits per heavy atom. The van der Waals surface area contributed by atoms with E-state index >= 15 is 0 Å². The molecule has 6 nitrogen and oxygen atoms in total. The Hall–Kier alpha value is -2.51. The minimum Gasteiger partial charge on any atom is -0.421 e. The minimum atomic E-state index is -3.54. The van der Waals surface area contributed by atoms with Crippen LogP contribution in [0.3, 0.4) is 0 Å². The molecule has 25 heavy (non-hydrogen) atoms. The van der Waals surface area contributed by atoms with Gasteiger partial charge in [-0.1, -0.05) is 29.8 Å². The van der Waals surface area contributed by atoms with Gasteiger partial charge in [-0.15, -0.1) is 10.2 Å². The van der Waals surface area contributed by atoms with Crippen LogP contribution in [0.4, 0.5) is 0 Å². The van der Waals surface area contributed by atoms with E-state index in [9.17, 15) is 8.42 Å². The first kappa shape index (κ1) is 17.3. The Bertz CT molecular complexity index is 980. The summed E-state index contributed by atoms with van der Waals surface area (Å²) in [6.45, 7) is 4.02. The predicted molar refractivity (Wildman–Crippen MR) is 94.5 cm³/mol. The molecule has 130 valence electrons. The van der Waals surface area contributed by atoms with Gasteiger partial charge in [0.15, 0.2) is 0 Å². The summed E-state index contributed by atoms with van der Waals surface area (Å²) >= 11 is 0. The van der Waals surface area contributed by atoms with E-state index in [1.54, 1.807) is 18.2 Å². The van der Waals surface area contributed by atoms with Crippen LogP contribution >= 0.6 is 0 Å². The molecule has 1 heterocycles. The molecule has 0 radical (unpaired) electrons. The molecule has 0 fully saturated rings. The fourth-order valence-electron chi connectivity index (χ4n) is 2.41. The van der Waals surface area contributed by atoms with Gasteiger partial charge in [0.1, 0.15) is 0 Å². The molecular weight excluding hydrogens is 338 g/mol. The first-order valence-corrected chi connectivity index (χ1v) is 9.38. The summed E-state index contributed by atoms with van der Waals surface area (Å²) in [5.74, 6) is 0.823. The van der Waals surface area contributed by atoms with Crippen LogP contribution in [0.1, 0.15) is 17.0 Å². The quantitative estimate of drug-likeness (QED) is 0.733. The van der Waals surface area contributed by atoms with Crippen molar-refractivity contribution in [3.05, 3.63) is 65.5 Å². The Balaban J connectivity index is 1.63. The van der Waals surface area contributed by atoms with E-state index in [1.165, 1.54) is 0 Å². The van der Waals surface area contributed by atoms with Gasteiger partial charge in [-0.05, 0) is 43.7 Å². The second-order valence-corrected chi connectivity index (χ2v) is 7.60. The number of hydrogen-bond donors (Lipinski definition) is 1. The SMILES string of the molecule is Cc1cccc(-c2nnc(CCNS(=O)(=O)c3cccc(C)c3)o2)c1. The maximum absolute atomic E-state index is 12.3. The van der Waals surface area contributed by atoms with Crippen molar-refractivity contribution in [3.63, 3.8) is 0 Å². The van der Waals surface area contributed by atoms with Gasteiger partial charge >= 0.3 is 0 Å². The van der Waals surface area contributed by atoms with E-state index in [2.05, 4.69) is 14.9 Å². The molecule has 1 aromatic heterocycles. The van der Waals surface area contributed by atoms with E-state index in [0.717, 1.165) is 16.7 Å². The Labute approximate surface area is 147 Å².